The Morgan fingerprint density at radius 3 is 2.50 bits per heavy atom. The molecule has 4 bridgehead atoms. The summed E-state index contributed by atoms with van der Waals surface area (Å²) in [5, 5.41) is 17.3. The molecule has 4 nitrogen and oxygen atoms in total. The molecular weight excluding hydrogens is 342 g/mol. The highest BCUT2D eigenvalue weighted by molar-refractivity contribution is 7.13. The minimum Gasteiger partial charge on any atom is -0.507 e. The fourth-order valence-corrected chi connectivity index (χ4v) is 6.65. The lowest BCUT2D eigenvalue weighted by Crippen LogP contribution is -2.48. The second kappa shape index (κ2) is 6.08. The van der Waals surface area contributed by atoms with Crippen molar-refractivity contribution in [2.75, 3.05) is 5.43 Å². The van der Waals surface area contributed by atoms with Gasteiger partial charge in [0.2, 0.25) is 5.13 Å². The van der Waals surface area contributed by atoms with Crippen LogP contribution in [0.4, 0.5) is 5.13 Å². The quantitative estimate of drug-likeness (QED) is 0.586. The van der Waals surface area contributed by atoms with Crippen LogP contribution in [0, 0.1) is 24.7 Å². The van der Waals surface area contributed by atoms with Gasteiger partial charge in [0.05, 0.1) is 11.9 Å². The molecular formula is C21H25N3OS. The summed E-state index contributed by atoms with van der Waals surface area (Å²) in [6, 6.07) is 6.17. The first kappa shape index (κ1) is 16.3. The van der Waals surface area contributed by atoms with Crippen LogP contribution in [0.3, 0.4) is 0 Å². The monoisotopic (exact) mass is 367 g/mol. The maximum atomic E-state index is 10.3. The summed E-state index contributed by atoms with van der Waals surface area (Å²) in [4.78, 5) is 4.34. The molecule has 2 N–H and O–H groups in total. The highest BCUT2D eigenvalue weighted by atomic mass is 32.1. The Morgan fingerprint density at radius 2 is 1.88 bits per heavy atom. The van der Waals surface area contributed by atoms with Gasteiger partial charge in [-0.25, -0.2) is 4.98 Å². The summed E-state index contributed by atoms with van der Waals surface area (Å²) in [7, 11) is 0. The third-order valence-corrected chi connectivity index (χ3v) is 7.53. The molecule has 4 fully saturated rings. The summed E-state index contributed by atoms with van der Waals surface area (Å²) in [5.41, 5.74) is 6.48. The predicted molar refractivity (Wildman–Crippen MR) is 106 cm³/mol. The van der Waals surface area contributed by atoms with Crippen molar-refractivity contribution in [2.24, 2.45) is 22.9 Å². The molecule has 0 aliphatic heterocycles. The van der Waals surface area contributed by atoms with Gasteiger partial charge in [0.1, 0.15) is 5.75 Å². The number of benzene rings is 1. The lowest BCUT2D eigenvalue weighted by Gasteiger charge is -2.57. The van der Waals surface area contributed by atoms with Gasteiger partial charge in [-0.05, 0) is 86.3 Å². The normalized spacial score (nSPS) is 32.4. The van der Waals surface area contributed by atoms with E-state index in [1.165, 1.54) is 55.4 Å². The van der Waals surface area contributed by atoms with Crippen molar-refractivity contribution in [3.8, 4) is 5.75 Å². The number of phenolic OH excluding ortho intramolecular Hbond substituents is 1. The van der Waals surface area contributed by atoms with E-state index in [4.69, 9.17) is 0 Å². The number of thiazole rings is 1. The molecule has 1 aromatic heterocycles. The van der Waals surface area contributed by atoms with E-state index in [0.717, 1.165) is 34.1 Å². The van der Waals surface area contributed by atoms with Gasteiger partial charge in [-0.2, -0.15) is 5.10 Å². The van der Waals surface area contributed by atoms with E-state index in [1.807, 2.05) is 18.4 Å². The molecule has 5 heteroatoms. The summed E-state index contributed by atoms with van der Waals surface area (Å²) in [6.45, 7) is 1.96. The number of aromatic nitrogens is 1. The topological polar surface area (TPSA) is 57.5 Å². The number of hydrogen-bond acceptors (Lipinski definition) is 5. The summed E-state index contributed by atoms with van der Waals surface area (Å²) >= 11 is 1.53. The Hall–Kier alpha value is -1.88. The van der Waals surface area contributed by atoms with Crippen LogP contribution < -0.4 is 5.43 Å². The van der Waals surface area contributed by atoms with Gasteiger partial charge in [-0.1, -0.05) is 6.07 Å². The second-order valence-electron chi connectivity index (χ2n) is 8.64. The van der Waals surface area contributed by atoms with E-state index >= 15 is 0 Å². The summed E-state index contributed by atoms with van der Waals surface area (Å²) in [5.74, 6) is 3.05. The highest BCUT2D eigenvalue weighted by Crippen LogP contribution is 2.60. The van der Waals surface area contributed by atoms with Crippen LogP contribution in [0.1, 0.15) is 55.3 Å². The van der Waals surface area contributed by atoms with Crippen molar-refractivity contribution in [1.82, 2.24) is 4.98 Å². The van der Waals surface area contributed by atoms with Crippen LogP contribution >= 0.6 is 11.3 Å². The Bertz CT molecular complexity index is 821. The third kappa shape index (κ3) is 2.82. The van der Waals surface area contributed by atoms with Crippen molar-refractivity contribution < 1.29 is 5.11 Å². The zero-order chi connectivity index (χ0) is 17.7. The van der Waals surface area contributed by atoms with E-state index in [1.54, 1.807) is 6.21 Å². The molecule has 2 aromatic rings. The molecule has 0 amide bonds. The number of aryl methyl sites for hydroxylation is 1. The Morgan fingerprint density at radius 1 is 1.19 bits per heavy atom. The maximum Gasteiger partial charge on any atom is 0.203 e. The lowest BCUT2D eigenvalue weighted by atomic mass is 9.48. The number of hydrazone groups is 1. The van der Waals surface area contributed by atoms with Gasteiger partial charge >= 0.3 is 0 Å². The minimum absolute atomic E-state index is 0.291. The molecule has 136 valence electrons. The number of hydrogen-bond donors (Lipinski definition) is 2. The molecule has 0 spiro atoms. The van der Waals surface area contributed by atoms with Crippen molar-refractivity contribution >= 4 is 22.7 Å². The molecule has 4 aliphatic carbocycles. The zero-order valence-corrected chi connectivity index (χ0v) is 15.9. The first-order valence-electron chi connectivity index (χ1n) is 9.64. The van der Waals surface area contributed by atoms with E-state index < -0.39 is 0 Å². The fourth-order valence-electron chi connectivity index (χ4n) is 6.01. The Kier molecular flexibility index (Phi) is 3.82. The van der Waals surface area contributed by atoms with Gasteiger partial charge < -0.3 is 5.11 Å². The molecule has 0 atom stereocenters. The SMILES string of the molecule is Cc1csc(NN=Cc2cc(C34CC5CC(CC(C5)C3)C4)ccc2O)n1. The Labute approximate surface area is 158 Å². The average molecular weight is 368 g/mol. The average Bonchev–Trinajstić information content (AvgIpc) is 3.00. The molecule has 4 saturated carbocycles. The molecule has 1 heterocycles. The van der Waals surface area contributed by atoms with Gasteiger partial charge in [-0.15, -0.1) is 11.3 Å². The molecule has 0 unspecified atom stereocenters. The van der Waals surface area contributed by atoms with E-state index in [2.05, 4.69) is 27.6 Å². The first-order valence-corrected chi connectivity index (χ1v) is 10.5. The number of nitrogens with one attached hydrogen (secondary N) is 1. The minimum atomic E-state index is 0.291. The van der Waals surface area contributed by atoms with E-state index in [9.17, 15) is 5.11 Å². The largest absolute Gasteiger partial charge is 0.507 e. The highest BCUT2D eigenvalue weighted by Gasteiger charge is 2.51. The van der Waals surface area contributed by atoms with Crippen molar-refractivity contribution in [3.63, 3.8) is 0 Å². The number of aromatic hydroxyl groups is 1. The van der Waals surface area contributed by atoms with Crippen LogP contribution in [0.15, 0.2) is 28.7 Å². The van der Waals surface area contributed by atoms with Gasteiger partial charge in [0, 0.05) is 10.9 Å². The number of phenols is 1. The number of nitrogens with zero attached hydrogens (tertiary/aromatic N) is 2. The molecule has 1 aromatic carbocycles. The second-order valence-corrected chi connectivity index (χ2v) is 9.49. The first-order chi connectivity index (χ1) is 12.6. The third-order valence-electron chi connectivity index (χ3n) is 6.66. The molecule has 6 rings (SSSR count). The van der Waals surface area contributed by atoms with Crippen molar-refractivity contribution in [1.29, 1.82) is 0 Å². The number of rotatable bonds is 4. The molecule has 0 saturated heterocycles. The molecule has 26 heavy (non-hydrogen) atoms. The summed E-state index contributed by atoms with van der Waals surface area (Å²) in [6.07, 6.45) is 10.1. The fraction of sp³-hybridized carbons (Fsp3) is 0.524. The van der Waals surface area contributed by atoms with Crippen LogP contribution in [0.2, 0.25) is 0 Å². The smallest absolute Gasteiger partial charge is 0.203 e. The summed E-state index contributed by atoms with van der Waals surface area (Å²) < 4.78 is 0. The number of anilines is 1. The van der Waals surface area contributed by atoms with Crippen LogP contribution in [0.25, 0.3) is 0 Å². The lowest BCUT2D eigenvalue weighted by molar-refractivity contribution is -0.00520. The predicted octanol–water partition coefficient (Wildman–Crippen LogP) is 5.07. The standard InChI is InChI=1S/C21H25N3OS/c1-13-12-26-20(23-13)24-22-11-17-7-18(2-3-19(17)25)21-8-14-4-15(9-21)6-16(5-14)10-21/h2-3,7,11-12,14-16,25H,4-6,8-10H2,1H3,(H,23,24). The Balaban J connectivity index is 1.40. The van der Waals surface area contributed by atoms with E-state index in [0.29, 0.717) is 11.2 Å². The van der Waals surface area contributed by atoms with E-state index in [-0.39, 0.29) is 0 Å². The molecule has 4 aliphatic rings. The van der Waals surface area contributed by atoms with Crippen LogP contribution in [0.5, 0.6) is 5.75 Å². The van der Waals surface area contributed by atoms with Gasteiger partial charge in [0.25, 0.3) is 0 Å². The van der Waals surface area contributed by atoms with Crippen LogP contribution in [-0.4, -0.2) is 16.3 Å². The molecule has 0 radical (unpaired) electrons. The van der Waals surface area contributed by atoms with Crippen molar-refractivity contribution in [3.05, 3.63) is 40.4 Å². The van der Waals surface area contributed by atoms with Gasteiger partial charge in [-0.3, -0.25) is 5.43 Å². The van der Waals surface area contributed by atoms with Crippen LogP contribution in [-0.2, 0) is 5.41 Å². The zero-order valence-electron chi connectivity index (χ0n) is 15.1. The maximum absolute atomic E-state index is 10.3. The van der Waals surface area contributed by atoms with Crippen molar-refractivity contribution in [2.45, 2.75) is 50.9 Å². The van der Waals surface area contributed by atoms with Gasteiger partial charge in [0.15, 0.2) is 0 Å².